The zero-order valence-electron chi connectivity index (χ0n) is 42.7. The number of benzene rings is 6. The van der Waals surface area contributed by atoms with Crippen molar-refractivity contribution in [3.05, 3.63) is 168 Å². The maximum atomic E-state index is 12.4. The number of aromatic nitrogens is 3. The summed E-state index contributed by atoms with van der Waals surface area (Å²) in [5.41, 5.74) is 4.51. The second-order valence-electron chi connectivity index (χ2n) is 17.1. The molecule has 0 aliphatic heterocycles. The fourth-order valence-electron chi connectivity index (χ4n) is 7.64. The number of nitrogens with zero attached hydrogens (tertiary/aromatic N) is 3. The third kappa shape index (κ3) is 7.36. The molecule has 8 aromatic rings. The molecule has 0 radical (unpaired) electrons. The molecule has 6 aromatic carbocycles. The molecule has 4 heteroatoms. The summed E-state index contributed by atoms with van der Waals surface area (Å²) in [6.45, 7) is 1.93. The average Bonchev–Trinajstić information content (AvgIpc) is 3.64. The third-order valence-electron chi connectivity index (χ3n) is 10.8. The molecule has 0 saturated heterocycles. The van der Waals surface area contributed by atoms with Gasteiger partial charge >= 0.3 is 0 Å². The van der Waals surface area contributed by atoms with Crippen LogP contribution in [0, 0.1) is 0 Å². The number of hydrogen-bond donors (Lipinski definition) is 1. The van der Waals surface area contributed by atoms with Gasteiger partial charge < -0.3 is 5.11 Å². The van der Waals surface area contributed by atoms with E-state index in [0.29, 0.717) is 44.8 Å². The molecule has 8 rings (SSSR count). The van der Waals surface area contributed by atoms with Crippen molar-refractivity contribution in [3.8, 4) is 67.5 Å². The van der Waals surface area contributed by atoms with E-state index in [0.717, 1.165) is 39.1 Å². The van der Waals surface area contributed by atoms with Crippen LogP contribution in [-0.2, 0) is 16.2 Å². The van der Waals surface area contributed by atoms with Crippen LogP contribution < -0.4 is 0 Å². The van der Waals surface area contributed by atoms with E-state index in [4.69, 9.17) is 17.3 Å². The summed E-state index contributed by atoms with van der Waals surface area (Å²) in [5.74, 6) is 0.498. The SMILES string of the molecule is [2H]C([2H])([2H])C(c1cc(-c2cc(-c3ccccc3)ccn2)cc(-c2cccc3c2nc(-c2cc(C(C)(C)C)cc(C(C)(C)C)c2O)n3-c2ccccc2-c2ccccc2)c1)(C([2H])([2H])[2H])C([2H])([2H])[2H]. The molecule has 0 spiro atoms. The summed E-state index contributed by atoms with van der Waals surface area (Å²) in [5, 5.41) is 12.4. The van der Waals surface area contributed by atoms with Crippen LogP contribution in [0.15, 0.2) is 152 Å². The number of phenols is 1. The van der Waals surface area contributed by atoms with E-state index in [1.165, 1.54) is 12.1 Å². The maximum absolute atomic E-state index is 12.4. The Labute approximate surface area is 356 Å². The van der Waals surface area contributed by atoms with E-state index in [1.807, 2.05) is 120 Å². The second kappa shape index (κ2) is 14.6. The zero-order valence-corrected chi connectivity index (χ0v) is 33.7. The first-order valence-corrected chi connectivity index (χ1v) is 19.6. The lowest BCUT2D eigenvalue weighted by Gasteiger charge is -2.27. The Hall–Kier alpha value is -6.26. The van der Waals surface area contributed by atoms with Gasteiger partial charge in [0.25, 0.3) is 0 Å². The number of phenolic OH excluding ortho intramolecular Hbond substituents is 1. The van der Waals surface area contributed by atoms with Gasteiger partial charge in [0.05, 0.1) is 28.0 Å². The number of aromatic hydroxyl groups is 1. The van der Waals surface area contributed by atoms with Crippen molar-refractivity contribution in [2.45, 2.75) is 78.3 Å². The number of rotatable bonds is 6. The lowest BCUT2D eigenvalue weighted by Crippen LogP contribution is -2.17. The summed E-state index contributed by atoms with van der Waals surface area (Å²) in [6.07, 6.45) is 1.61. The van der Waals surface area contributed by atoms with Crippen molar-refractivity contribution in [2.24, 2.45) is 0 Å². The highest BCUT2D eigenvalue weighted by Gasteiger charge is 2.29. The highest BCUT2D eigenvalue weighted by molar-refractivity contribution is 5.98. The minimum Gasteiger partial charge on any atom is -0.507 e. The molecular formula is C54H53N3O. The van der Waals surface area contributed by atoms with Gasteiger partial charge in [-0.2, -0.15) is 0 Å². The molecule has 0 unspecified atom stereocenters. The van der Waals surface area contributed by atoms with E-state index >= 15 is 0 Å². The highest BCUT2D eigenvalue weighted by atomic mass is 16.3. The Morgan fingerprint density at radius 2 is 1.16 bits per heavy atom. The Bertz CT molecular complexity index is 3080. The van der Waals surface area contributed by atoms with Crippen LogP contribution in [0.5, 0.6) is 5.75 Å². The topological polar surface area (TPSA) is 50.9 Å². The van der Waals surface area contributed by atoms with Crippen LogP contribution in [0.25, 0.3) is 72.7 Å². The number of fused-ring (bicyclic) bond motifs is 1. The molecule has 290 valence electrons. The Balaban J connectivity index is 1.52. The number of hydrogen-bond acceptors (Lipinski definition) is 3. The molecule has 2 aromatic heterocycles. The summed E-state index contributed by atoms with van der Waals surface area (Å²) in [6, 6.07) is 45.2. The van der Waals surface area contributed by atoms with Gasteiger partial charge in [-0.05, 0) is 92.1 Å². The Kier molecular flexibility index (Phi) is 7.31. The zero-order chi connectivity index (χ0) is 48.5. The maximum Gasteiger partial charge on any atom is 0.149 e. The van der Waals surface area contributed by atoms with Crippen molar-refractivity contribution < 1.29 is 17.4 Å². The van der Waals surface area contributed by atoms with Crippen molar-refractivity contribution >= 4 is 11.0 Å². The molecule has 0 atom stereocenters. The molecule has 1 N–H and O–H groups in total. The summed E-state index contributed by atoms with van der Waals surface area (Å²) in [4.78, 5) is 10.1. The van der Waals surface area contributed by atoms with Crippen LogP contribution in [0.3, 0.4) is 0 Å². The number of pyridine rings is 1. The predicted octanol–water partition coefficient (Wildman–Crippen LogP) is 14.4. The fraction of sp³-hybridized carbons (Fsp3) is 0.222. The van der Waals surface area contributed by atoms with E-state index in [1.54, 1.807) is 18.3 Å². The highest BCUT2D eigenvalue weighted by Crippen LogP contribution is 2.45. The second-order valence-corrected chi connectivity index (χ2v) is 17.1. The van der Waals surface area contributed by atoms with Crippen LogP contribution in [0.2, 0.25) is 0 Å². The molecule has 0 amide bonds. The van der Waals surface area contributed by atoms with E-state index < -0.39 is 36.9 Å². The van der Waals surface area contributed by atoms with E-state index in [2.05, 4.69) is 52.6 Å². The first kappa shape index (κ1) is 29.0. The van der Waals surface area contributed by atoms with Crippen LogP contribution in [0.4, 0.5) is 0 Å². The molecule has 58 heavy (non-hydrogen) atoms. The van der Waals surface area contributed by atoms with Gasteiger partial charge in [0.1, 0.15) is 11.6 Å². The molecule has 0 bridgehead atoms. The minimum atomic E-state index is -3.53. The van der Waals surface area contributed by atoms with Crippen LogP contribution in [0.1, 0.15) is 91.1 Å². The first-order chi connectivity index (χ1) is 31.3. The summed E-state index contributed by atoms with van der Waals surface area (Å²) < 4.78 is 80.6. The van der Waals surface area contributed by atoms with Gasteiger partial charge in [-0.3, -0.25) is 9.55 Å². The lowest BCUT2D eigenvalue weighted by molar-refractivity contribution is 0.446. The lowest BCUT2D eigenvalue weighted by atomic mass is 9.79. The van der Waals surface area contributed by atoms with Gasteiger partial charge in [0.15, 0.2) is 0 Å². The van der Waals surface area contributed by atoms with Crippen LogP contribution in [-0.4, -0.2) is 19.6 Å². The van der Waals surface area contributed by atoms with Gasteiger partial charge in [0, 0.05) is 40.8 Å². The van der Waals surface area contributed by atoms with E-state index in [9.17, 15) is 5.11 Å². The minimum absolute atomic E-state index is 0.0715. The van der Waals surface area contributed by atoms with Crippen molar-refractivity contribution in [1.82, 2.24) is 14.5 Å². The molecule has 4 nitrogen and oxygen atoms in total. The third-order valence-corrected chi connectivity index (χ3v) is 10.8. The Morgan fingerprint density at radius 3 is 1.84 bits per heavy atom. The molecule has 0 aliphatic carbocycles. The molecule has 0 fully saturated rings. The van der Waals surface area contributed by atoms with Crippen molar-refractivity contribution in [1.29, 1.82) is 0 Å². The number of imidazole rings is 1. The quantitative estimate of drug-likeness (QED) is 0.183. The largest absolute Gasteiger partial charge is 0.507 e. The van der Waals surface area contributed by atoms with Crippen molar-refractivity contribution in [3.63, 3.8) is 0 Å². The average molecular weight is 769 g/mol. The Morgan fingerprint density at radius 1 is 0.517 bits per heavy atom. The van der Waals surface area contributed by atoms with Crippen LogP contribution >= 0.6 is 0 Å². The summed E-state index contributed by atoms with van der Waals surface area (Å²) >= 11 is 0. The van der Waals surface area contributed by atoms with E-state index in [-0.39, 0.29) is 11.2 Å². The van der Waals surface area contributed by atoms with Gasteiger partial charge in [0.2, 0.25) is 0 Å². The standard InChI is InChI=1S/C54H53N3O/c1-52(2,3)40-30-38(29-39(31-40)46-32-37(27-28-55-46)35-19-12-10-13-20-35)43-24-18-26-48-49(43)56-51(44-33-41(53(4,5)6)34-45(50(44)58)54(7,8)9)57(48)47-25-17-16-23-42(47)36-21-14-11-15-22-36/h10-34,58H,1-9H3/i1D3,2D3,3D3. The van der Waals surface area contributed by atoms with Gasteiger partial charge in [-0.1, -0.05) is 165 Å². The predicted molar refractivity (Wildman–Crippen MR) is 244 cm³/mol. The number of para-hydroxylation sites is 2. The fourth-order valence-corrected chi connectivity index (χ4v) is 7.64. The molecule has 2 heterocycles. The summed E-state index contributed by atoms with van der Waals surface area (Å²) in [7, 11) is 0. The monoisotopic (exact) mass is 768 g/mol. The first-order valence-electron chi connectivity index (χ1n) is 24.1. The molecular weight excluding hydrogens is 707 g/mol. The molecule has 0 saturated carbocycles. The molecule has 0 aliphatic rings. The normalized spacial score (nSPS) is 15.2. The van der Waals surface area contributed by atoms with Crippen molar-refractivity contribution in [2.75, 3.05) is 0 Å². The van der Waals surface area contributed by atoms with Gasteiger partial charge in [-0.25, -0.2) is 4.98 Å². The van der Waals surface area contributed by atoms with Gasteiger partial charge in [-0.15, -0.1) is 0 Å². The smallest absolute Gasteiger partial charge is 0.149 e.